The van der Waals surface area contributed by atoms with Crippen molar-refractivity contribution in [3.63, 3.8) is 0 Å². The number of nitrogens with one attached hydrogen (secondary N) is 3. The van der Waals surface area contributed by atoms with E-state index in [1.165, 1.54) is 59.6 Å². The number of Topliss-reactive ketones (excluding diaryl/α,β-unsaturated/α-hetero) is 2. The molecule has 2 fully saturated rings. The van der Waals surface area contributed by atoms with Crippen LogP contribution in [0.5, 0.6) is 11.5 Å². The molecule has 0 bridgehead atoms. The number of hydrogen-bond acceptors (Lipinski definition) is 15. The zero-order valence-electron chi connectivity index (χ0n) is 40.4. The maximum Gasteiger partial charge on any atom is 0.377 e. The van der Waals surface area contributed by atoms with Crippen LogP contribution in [0.2, 0.25) is 0 Å². The van der Waals surface area contributed by atoms with Crippen molar-refractivity contribution in [3.05, 3.63) is 132 Å². The zero-order valence-corrected chi connectivity index (χ0v) is 40.4. The average molecular weight is 1010 g/mol. The Balaban J connectivity index is 0.000000179. The van der Waals surface area contributed by atoms with Gasteiger partial charge in [0.1, 0.15) is 24.2 Å². The van der Waals surface area contributed by atoms with E-state index in [4.69, 9.17) is 14.6 Å². The number of hydrogen-bond donors (Lipinski definition) is 4. The van der Waals surface area contributed by atoms with Crippen LogP contribution in [0, 0.1) is 0 Å². The Morgan fingerprint density at radius 3 is 1.41 bits per heavy atom. The summed E-state index contributed by atoms with van der Waals surface area (Å²) in [5, 5.41) is 21.7. The number of carboxylic acid groups (broad SMARTS) is 1. The lowest BCUT2D eigenvalue weighted by molar-refractivity contribution is -0.131. The highest BCUT2D eigenvalue weighted by atomic mass is 16.5. The van der Waals surface area contributed by atoms with Crippen molar-refractivity contribution in [1.82, 2.24) is 69.5 Å². The smallest absolute Gasteiger partial charge is 0.377 e. The highest BCUT2D eigenvalue weighted by molar-refractivity contribution is 6.45. The summed E-state index contributed by atoms with van der Waals surface area (Å²) < 4.78 is 13.6. The SMILES string of the molecule is C.CCc1ncn(-c2ncc(OC)c3c(C(=O)C(=O)N4CCN(C(=O)c5ccccc5)CC4)c[nH]c23)n1.CCc1ncn(-c2ncc(OC)c3c(C(=O)C(=O)O)c[nH]c23)n1.O=C(c1ccccc1)N1CCNCC1. The van der Waals surface area contributed by atoms with Crippen molar-refractivity contribution >= 4 is 57.1 Å². The number of nitrogens with zero attached hydrogens (tertiary/aromatic N) is 11. The summed E-state index contributed by atoms with van der Waals surface area (Å²) in [5.41, 5.74) is 2.53. The van der Waals surface area contributed by atoms with E-state index in [1.54, 1.807) is 23.4 Å². The quantitative estimate of drug-likeness (QED) is 0.0984. The third kappa shape index (κ3) is 11.2. The number of aromatic amines is 2. The molecule has 384 valence electrons. The number of aryl methyl sites for hydroxylation is 2. The molecule has 0 radical (unpaired) electrons. The second-order valence-electron chi connectivity index (χ2n) is 16.4. The molecule has 23 heteroatoms. The Morgan fingerprint density at radius 1 is 0.581 bits per heavy atom. The van der Waals surface area contributed by atoms with Crippen molar-refractivity contribution in [1.29, 1.82) is 0 Å². The Labute approximate surface area is 424 Å². The second kappa shape index (κ2) is 23.9. The zero-order chi connectivity index (χ0) is 51.6. The number of aliphatic carboxylic acids is 1. The highest BCUT2D eigenvalue weighted by Crippen LogP contribution is 2.33. The van der Waals surface area contributed by atoms with Gasteiger partial charge >= 0.3 is 5.97 Å². The van der Waals surface area contributed by atoms with Crippen molar-refractivity contribution in [3.8, 4) is 23.1 Å². The summed E-state index contributed by atoms with van der Waals surface area (Å²) in [5.74, 6) is -1.00. The number of ether oxygens (including phenoxy) is 2. The fraction of sp³-hybridized carbons (Fsp3) is 0.294. The van der Waals surface area contributed by atoms with E-state index in [0.29, 0.717) is 88.1 Å². The molecule has 2 aliphatic rings. The van der Waals surface area contributed by atoms with Crippen LogP contribution >= 0.6 is 0 Å². The number of piperazine rings is 2. The van der Waals surface area contributed by atoms with Gasteiger partial charge in [-0.1, -0.05) is 57.7 Å². The molecule has 0 spiro atoms. The summed E-state index contributed by atoms with van der Waals surface area (Å²) >= 11 is 0. The number of benzene rings is 2. The van der Waals surface area contributed by atoms with Gasteiger partial charge in [-0.2, -0.15) is 0 Å². The first-order valence-electron chi connectivity index (χ1n) is 23.4. The minimum absolute atomic E-state index is 0. The van der Waals surface area contributed by atoms with Crippen LogP contribution < -0.4 is 14.8 Å². The van der Waals surface area contributed by atoms with Crippen molar-refractivity contribution < 1.29 is 43.3 Å². The van der Waals surface area contributed by atoms with Gasteiger partial charge in [-0.15, -0.1) is 10.2 Å². The number of ketones is 2. The van der Waals surface area contributed by atoms with Crippen molar-refractivity contribution in [2.75, 3.05) is 66.6 Å². The third-order valence-electron chi connectivity index (χ3n) is 12.1. The number of fused-ring (bicyclic) bond motifs is 2. The number of methoxy groups -OCH3 is 2. The van der Waals surface area contributed by atoms with Gasteiger partial charge in [-0.05, 0) is 24.3 Å². The van der Waals surface area contributed by atoms with Crippen LogP contribution in [-0.4, -0.2) is 171 Å². The van der Waals surface area contributed by atoms with Gasteiger partial charge in [-0.25, -0.2) is 34.1 Å². The van der Waals surface area contributed by atoms with E-state index in [2.05, 4.69) is 45.4 Å². The number of aromatic nitrogens is 10. The molecule has 0 aliphatic carbocycles. The Bertz CT molecular complexity index is 3280. The van der Waals surface area contributed by atoms with E-state index < -0.39 is 23.4 Å². The topological polar surface area (TPSA) is 282 Å². The monoisotopic (exact) mass is 1010 g/mol. The fourth-order valence-electron chi connectivity index (χ4n) is 8.23. The number of rotatable bonds is 12. The fourth-order valence-corrected chi connectivity index (χ4v) is 8.23. The number of carbonyl (C=O) groups excluding carboxylic acids is 5. The van der Waals surface area contributed by atoms with E-state index in [1.807, 2.05) is 67.3 Å². The van der Waals surface area contributed by atoms with Crippen LogP contribution in [0.3, 0.4) is 0 Å². The first-order valence-corrected chi connectivity index (χ1v) is 23.4. The molecule has 0 atom stereocenters. The predicted octanol–water partition coefficient (Wildman–Crippen LogP) is 4.23. The van der Waals surface area contributed by atoms with Gasteiger partial charge in [0.25, 0.3) is 29.3 Å². The highest BCUT2D eigenvalue weighted by Gasteiger charge is 2.32. The molecule has 3 amide bonds. The van der Waals surface area contributed by atoms with Crippen LogP contribution in [0.25, 0.3) is 33.4 Å². The summed E-state index contributed by atoms with van der Waals surface area (Å²) in [4.78, 5) is 102. The van der Waals surface area contributed by atoms with Gasteiger partial charge in [0.05, 0.1) is 59.5 Å². The Morgan fingerprint density at radius 2 is 1.00 bits per heavy atom. The van der Waals surface area contributed by atoms with Gasteiger partial charge in [0, 0.05) is 88.7 Å². The molecular formula is C51H56N14O9. The van der Waals surface area contributed by atoms with Crippen LogP contribution in [-0.2, 0) is 22.4 Å². The summed E-state index contributed by atoms with van der Waals surface area (Å²) in [6, 6.07) is 18.5. The maximum atomic E-state index is 13.3. The summed E-state index contributed by atoms with van der Waals surface area (Å²) in [6.45, 7) is 8.55. The number of pyridine rings is 2. The van der Waals surface area contributed by atoms with E-state index in [9.17, 15) is 28.8 Å². The lowest BCUT2D eigenvalue weighted by atomic mass is 10.1. The largest absolute Gasteiger partial charge is 0.494 e. The first kappa shape index (κ1) is 52.7. The van der Waals surface area contributed by atoms with Crippen molar-refractivity contribution in [2.45, 2.75) is 34.1 Å². The van der Waals surface area contributed by atoms with E-state index >= 15 is 0 Å². The van der Waals surface area contributed by atoms with E-state index in [-0.39, 0.29) is 43.5 Å². The van der Waals surface area contributed by atoms with Gasteiger partial charge < -0.3 is 44.6 Å². The molecule has 74 heavy (non-hydrogen) atoms. The van der Waals surface area contributed by atoms with E-state index in [0.717, 1.165) is 31.7 Å². The number of carboxylic acids is 1. The van der Waals surface area contributed by atoms with Gasteiger partial charge in [-0.3, -0.25) is 24.0 Å². The molecule has 10 rings (SSSR count). The number of amides is 3. The molecule has 8 aromatic rings. The van der Waals surface area contributed by atoms with Crippen LogP contribution in [0.4, 0.5) is 0 Å². The first-order chi connectivity index (χ1) is 35.5. The normalized spacial score (nSPS) is 13.2. The second-order valence-corrected chi connectivity index (χ2v) is 16.4. The molecule has 2 saturated heterocycles. The molecule has 2 aliphatic heterocycles. The maximum absolute atomic E-state index is 13.3. The molecule has 0 saturated carbocycles. The molecule has 4 N–H and O–H groups in total. The average Bonchev–Trinajstić information content (AvgIpc) is 4.30. The molecule has 0 unspecified atom stereocenters. The molecule has 2 aromatic carbocycles. The molecule has 6 aromatic heterocycles. The van der Waals surface area contributed by atoms with Crippen molar-refractivity contribution in [2.24, 2.45) is 0 Å². The predicted molar refractivity (Wildman–Crippen MR) is 271 cm³/mol. The molecule has 23 nitrogen and oxygen atoms in total. The Kier molecular flexibility index (Phi) is 17.0. The molecule has 8 heterocycles. The standard InChI is InChI=1S/C25H25N7O4.C14H13N5O4.C11H14N2O.CH4/c1-3-19-28-15-32(29-19)23-21-20(18(36-2)14-27-23)17(13-26-21)22(33)25(35)31-11-9-30(10-12-31)24(34)16-7-5-4-6-8-16;1-3-9-17-6-19(18-9)13-11-10(8(23-2)5-16-13)7(4-15-11)12(20)14(21)22;14-11(10-4-2-1-3-5-10)13-8-6-12-7-9-13;/h4-8,13-15,26H,3,9-12H2,1-2H3;4-6,15H,3H2,1-2H3,(H,21,22);1-5,12H,6-9H2;1H4. The minimum Gasteiger partial charge on any atom is -0.494 e. The third-order valence-corrected chi connectivity index (χ3v) is 12.1. The summed E-state index contributed by atoms with van der Waals surface area (Å²) in [6.07, 6.45) is 10.1. The van der Waals surface area contributed by atoms with Gasteiger partial charge in [0.15, 0.2) is 23.3 Å². The summed E-state index contributed by atoms with van der Waals surface area (Å²) in [7, 11) is 2.90. The van der Waals surface area contributed by atoms with Crippen LogP contribution in [0.1, 0.15) is 74.4 Å². The lowest BCUT2D eigenvalue weighted by Crippen LogP contribution is -2.52. The molecular weight excluding hydrogens is 953 g/mol. The number of carbonyl (C=O) groups is 6. The van der Waals surface area contributed by atoms with Gasteiger partial charge in [0.2, 0.25) is 0 Å². The lowest BCUT2D eigenvalue weighted by Gasteiger charge is -2.34. The number of H-pyrrole nitrogens is 2. The Hall–Kier alpha value is -9.12. The van der Waals surface area contributed by atoms with Crippen LogP contribution in [0.15, 0.2) is 98.1 Å². The minimum atomic E-state index is -1.54.